The summed E-state index contributed by atoms with van der Waals surface area (Å²) >= 11 is 0. The highest BCUT2D eigenvalue weighted by Crippen LogP contribution is 2.42. The Balaban J connectivity index is 1.19. The molecule has 2 heteroatoms. The van der Waals surface area contributed by atoms with E-state index in [1.54, 1.807) is 0 Å². The van der Waals surface area contributed by atoms with Gasteiger partial charge in [0.1, 0.15) is 0 Å². The minimum absolute atomic E-state index is 0.193. The second-order valence-electron chi connectivity index (χ2n) is 13.4. The average molecular weight is 666 g/mol. The van der Waals surface area contributed by atoms with Gasteiger partial charge >= 0.3 is 0 Å². The molecular weight excluding hydrogens is 629 g/mol. The molecule has 0 radical (unpaired) electrons. The fraction of sp³-hybridized carbons (Fsp3) is 0. The van der Waals surface area contributed by atoms with E-state index in [0.29, 0.717) is 5.56 Å². The Hall–Kier alpha value is -6.90. The largest absolute Gasteiger partial charge is 0.309 e. The van der Waals surface area contributed by atoms with Crippen molar-refractivity contribution in [1.29, 1.82) is 0 Å². The van der Waals surface area contributed by atoms with Crippen LogP contribution in [0.4, 0.5) is 0 Å². The summed E-state index contributed by atoms with van der Waals surface area (Å²) in [4.78, 5) is 0. The Kier molecular flexibility index (Phi) is 5.28. The first-order valence-corrected chi connectivity index (χ1v) is 17.5. The number of benzene rings is 9. The monoisotopic (exact) mass is 665 g/mol. The number of aromatic nitrogens is 2. The van der Waals surface area contributed by atoms with Gasteiger partial charge in [-0.15, -0.1) is 0 Å². The number of para-hydroxylation sites is 1. The minimum Gasteiger partial charge on any atom is -0.309 e. The molecule has 2 nitrogen and oxygen atoms in total. The second-order valence-corrected chi connectivity index (χ2v) is 13.4. The first-order valence-electron chi connectivity index (χ1n) is 20.0. The first kappa shape index (κ1) is 24.3. The molecule has 9 aromatic carbocycles. The van der Waals surface area contributed by atoms with Gasteiger partial charge in [0.25, 0.3) is 0 Å². The lowest BCUT2D eigenvalue weighted by atomic mass is 9.98. The normalized spacial score (nSPS) is 13.2. The van der Waals surface area contributed by atoms with Gasteiger partial charge in [-0.3, -0.25) is 0 Å². The SMILES string of the molecule is [2H]c1c([2H])c([2H])c(-c2ccc(-n3c4ccccc4c4cc5c6c7ccccc7ccc6n(-c6cccc(-c7cccc8ccccc78)c6)c5cc43)cc2)c([2H])c1[2H]. The van der Waals surface area contributed by atoms with Crippen molar-refractivity contribution in [2.45, 2.75) is 0 Å². The maximum atomic E-state index is 8.56. The Morgan fingerprint density at radius 1 is 0.346 bits per heavy atom. The van der Waals surface area contributed by atoms with Crippen LogP contribution in [0.2, 0.25) is 0 Å². The Labute approximate surface area is 308 Å². The summed E-state index contributed by atoms with van der Waals surface area (Å²) in [5, 5.41) is 9.46. The highest BCUT2D eigenvalue weighted by atomic mass is 15.0. The van der Waals surface area contributed by atoms with Gasteiger partial charge in [-0.25, -0.2) is 0 Å². The zero-order valence-electron chi connectivity index (χ0n) is 33.0. The summed E-state index contributed by atoms with van der Waals surface area (Å²) in [5.74, 6) is 0. The van der Waals surface area contributed by atoms with Gasteiger partial charge in [0.2, 0.25) is 0 Å². The highest BCUT2D eigenvalue weighted by molar-refractivity contribution is 6.25. The van der Waals surface area contributed by atoms with Crippen molar-refractivity contribution in [2.75, 3.05) is 0 Å². The van der Waals surface area contributed by atoms with E-state index >= 15 is 0 Å². The van der Waals surface area contributed by atoms with Gasteiger partial charge in [0.05, 0.1) is 28.9 Å². The molecule has 242 valence electrons. The molecule has 0 bridgehead atoms. The molecule has 0 unspecified atom stereocenters. The fourth-order valence-electron chi connectivity index (χ4n) is 8.27. The summed E-state index contributed by atoms with van der Waals surface area (Å²) in [6, 6.07) is 56.2. The van der Waals surface area contributed by atoms with E-state index in [4.69, 9.17) is 6.85 Å². The van der Waals surface area contributed by atoms with Crippen LogP contribution in [0.15, 0.2) is 194 Å². The van der Waals surface area contributed by atoms with E-state index in [2.05, 4.69) is 149 Å². The van der Waals surface area contributed by atoms with Crippen molar-refractivity contribution in [3.05, 3.63) is 194 Å². The van der Waals surface area contributed by atoms with Crippen LogP contribution < -0.4 is 0 Å². The summed E-state index contributed by atoms with van der Waals surface area (Å²) in [6.07, 6.45) is 0. The second kappa shape index (κ2) is 11.3. The zero-order valence-corrected chi connectivity index (χ0v) is 28.0. The topological polar surface area (TPSA) is 9.86 Å². The highest BCUT2D eigenvalue weighted by Gasteiger charge is 2.20. The summed E-state index contributed by atoms with van der Waals surface area (Å²) in [5.41, 5.74) is 9.38. The molecule has 0 atom stereocenters. The smallest absolute Gasteiger partial charge is 0.0629 e. The van der Waals surface area contributed by atoms with Crippen LogP contribution in [0.1, 0.15) is 6.85 Å². The lowest BCUT2D eigenvalue weighted by Crippen LogP contribution is -1.96. The predicted octanol–water partition coefficient (Wildman–Crippen LogP) is 13.5. The van der Waals surface area contributed by atoms with Crippen molar-refractivity contribution in [2.24, 2.45) is 0 Å². The van der Waals surface area contributed by atoms with Gasteiger partial charge in [-0.2, -0.15) is 0 Å². The van der Waals surface area contributed by atoms with Crippen molar-refractivity contribution in [3.63, 3.8) is 0 Å². The lowest BCUT2D eigenvalue weighted by molar-refractivity contribution is 1.17. The third kappa shape index (κ3) is 4.31. The molecule has 2 aromatic heterocycles. The third-order valence-corrected chi connectivity index (χ3v) is 10.6. The van der Waals surface area contributed by atoms with Gasteiger partial charge in [-0.05, 0) is 92.3 Å². The molecule has 11 aromatic rings. The average Bonchev–Trinajstić information content (AvgIpc) is 3.76. The van der Waals surface area contributed by atoms with Crippen molar-refractivity contribution in [3.8, 4) is 33.6 Å². The van der Waals surface area contributed by atoms with E-state index in [9.17, 15) is 0 Å². The minimum atomic E-state index is -0.396. The Bertz CT molecular complexity index is 3430. The van der Waals surface area contributed by atoms with E-state index < -0.39 is 6.04 Å². The van der Waals surface area contributed by atoms with E-state index in [0.717, 1.165) is 49.8 Å². The van der Waals surface area contributed by atoms with E-state index in [1.807, 2.05) is 24.3 Å². The first-order chi connectivity index (χ1) is 27.9. The van der Waals surface area contributed by atoms with Gasteiger partial charge in [-0.1, -0.05) is 145 Å². The molecule has 0 saturated carbocycles. The van der Waals surface area contributed by atoms with Gasteiger partial charge in [0, 0.05) is 32.9 Å². The molecule has 11 rings (SSSR count). The van der Waals surface area contributed by atoms with Crippen LogP contribution >= 0.6 is 0 Å². The number of hydrogen-bond acceptors (Lipinski definition) is 0. The van der Waals surface area contributed by atoms with Crippen LogP contribution in [0, 0.1) is 0 Å². The standard InChI is InChI=1S/C50H32N2/c1-2-12-33(13-3-1)34-24-27-38(28-25-34)51-46-23-9-8-21-43(46)44-31-45-49(32-48(44)51)52(47-29-26-36-15-5-7-20-42(36)50(45)47)39-18-10-17-37(30-39)41-22-11-16-35-14-4-6-19-40(35)41/h1-32H/i1D,2D,3D,12D,13D. The van der Waals surface area contributed by atoms with E-state index in [-0.39, 0.29) is 29.7 Å². The van der Waals surface area contributed by atoms with Crippen molar-refractivity contribution >= 4 is 65.2 Å². The van der Waals surface area contributed by atoms with Crippen molar-refractivity contribution in [1.82, 2.24) is 9.13 Å². The lowest BCUT2D eigenvalue weighted by Gasteiger charge is -2.13. The molecular formula is C50H32N2. The predicted molar refractivity (Wildman–Crippen MR) is 221 cm³/mol. The Morgan fingerprint density at radius 2 is 1.02 bits per heavy atom. The molecule has 0 N–H and O–H groups in total. The molecule has 0 aliphatic carbocycles. The third-order valence-electron chi connectivity index (χ3n) is 10.6. The molecule has 52 heavy (non-hydrogen) atoms. The summed E-state index contributed by atoms with van der Waals surface area (Å²) in [7, 11) is 0. The molecule has 0 aliphatic rings. The zero-order chi connectivity index (χ0) is 38.5. The van der Waals surface area contributed by atoms with Crippen LogP contribution in [0.3, 0.4) is 0 Å². The van der Waals surface area contributed by atoms with Crippen molar-refractivity contribution < 1.29 is 6.85 Å². The van der Waals surface area contributed by atoms with Crippen LogP contribution in [0.5, 0.6) is 0 Å². The summed E-state index contributed by atoms with van der Waals surface area (Å²) in [6.45, 7) is 0. The molecule has 0 saturated heterocycles. The van der Waals surface area contributed by atoms with Crippen LogP contribution in [-0.2, 0) is 0 Å². The van der Waals surface area contributed by atoms with Gasteiger partial charge < -0.3 is 9.13 Å². The molecule has 0 amide bonds. The van der Waals surface area contributed by atoms with Gasteiger partial charge in [0.15, 0.2) is 0 Å². The number of nitrogens with zero attached hydrogens (tertiary/aromatic N) is 2. The molecule has 0 fully saturated rings. The Morgan fingerprint density at radius 3 is 1.87 bits per heavy atom. The van der Waals surface area contributed by atoms with E-state index in [1.165, 1.54) is 37.9 Å². The fourth-order valence-corrected chi connectivity index (χ4v) is 8.27. The molecule has 0 aliphatic heterocycles. The number of hydrogen-bond donors (Lipinski definition) is 0. The van der Waals surface area contributed by atoms with Crippen LogP contribution in [0.25, 0.3) is 98.8 Å². The molecule has 2 heterocycles. The quantitative estimate of drug-likeness (QED) is 0.177. The summed E-state index contributed by atoms with van der Waals surface area (Å²) < 4.78 is 46.3. The van der Waals surface area contributed by atoms with Crippen LogP contribution in [-0.4, -0.2) is 9.13 Å². The maximum Gasteiger partial charge on any atom is 0.0629 e. The molecule has 0 spiro atoms. The maximum absolute atomic E-state index is 8.56. The number of rotatable bonds is 4. The number of fused-ring (bicyclic) bond motifs is 9.